The van der Waals surface area contributed by atoms with E-state index in [0.29, 0.717) is 32.2 Å². The molecule has 0 aliphatic carbocycles. The lowest BCUT2D eigenvalue weighted by molar-refractivity contribution is -0.143. The molecule has 0 aromatic heterocycles. The van der Waals surface area contributed by atoms with Gasteiger partial charge in [0.05, 0.1) is 12.6 Å². The first-order chi connectivity index (χ1) is 14.5. The zero-order valence-corrected chi connectivity index (χ0v) is 18.9. The van der Waals surface area contributed by atoms with Crippen LogP contribution in [-0.4, -0.2) is 71.2 Å². The van der Waals surface area contributed by atoms with Crippen LogP contribution in [0, 0.1) is 11.8 Å². The maximum atomic E-state index is 12.9. The Morgan fingerprint density at radius 1 is 0.903 bits per heavy atom. The SMILES string of the molecule is CCC(C)C(NC(=O)C(CCCCN)NC(=O)C(N)C(C)C)C(=O)NC(CO)C(=O)O. The molecule has 180 valence electrons. The summed E-state index contributed by atoms with van der Waals surface area (Å²) in [5, 5.41) is 25.7. The summed E-state index contributed by atoms with van der Waals surface area (Å²) in [6.07, 6.45) is 2.07. The molecule has 0 heterocycles. The number of nitrogens with two attached hydrogens (primary N) is 2. The number of aliphatic carboxylic acids is 1. The molecule has 11 nitrogen and oxygen atoms in total. The molecule has 0 aromatic carbocycles. The Kier molecular flexibility index (Phi) is 13.6. The van der Waals surface area contributed by atoms with Gasteiger partial charge in [0.2, 0.25) is 17.7 Å². The second-order valence-electron chi connectivity index (χ2n) is 8.07. The Morgan fingerprint density at radius 3 is 1.94 bits per heavy atom. The molecule has 31 heavy (non-hydrogen) atoms. The molecule has 0 aliphatic rings. The number of hydrogen-bond acceptors (Lipinski definition) is 7. The molecule has 9 N–H and O–H groups in total. The third-order valence-corrected chi connectivity index (χ3v) is 5.19. The summed E-state index contributed by atoms with van der Waals surface area (Å²) in [7, 11) is 0. The summed E-state index contributed by atoms with van der Waals surface area (Å²) in [4.78, 5) is 49.1. The van der Waals surface area contributed by atoms with Crippen molar-refractivity contribution in [1.29, 1.82) is 0 Å². The molecule has 5 atom stereocenters. The average Bonchev–Trinajstić information content (AvgIpc) is 2.73. The highest BCUT2D eigenvalue weighted by molar-refractivity contribution is 5.94. The fourth-order valence-electron chi connectivity index (χ4n) is 2.74. The minimum absolute atomic E-state index is 0.127. The normalized spacial score (nSPS) is 16.0. The first-order valence-electron chi connectivity index (χ1n) is 10.7. The van der Waals surface area contributed by atoms with Gasteiger partial charge in [0, 0.05) is 0 Å². The molecule has 0 saturated heterocycles. The minimum atomic E-state index is -1.49. The number of carboxylic acid groups (broad SMARTS) is 1. The van der Waals surface area contributed by atoms with E-state index in [1.165, 1.54) is 0 Å². The number of hydrogen-bond donors (Lipinski definition) is 7. The van der Waals surface area contributed by atoms with Gasteiger partial charge in [-0.3, -0.25) is 14.4 Å². The number of carbonyl (C=O) groups excluding carboxylic acids is 3. The van der Waals surface area contributed by atoms with Crippen molar-refractivity contribution >= 4 is 23.7 Å². The number of nitrogens with one attached hydrogen (secondary N) is 3. The van der Waals surface area contributed by atoms with E-state index >= 15 is 0 Å². The van der Waals surface area contributed by atoms with Crippen molar-refractivity contribution in [3.8, 4) is 0 Å². The molecule has 0 radical (unpaired) electrons. The van der Waals surface area contributed by atoms with Crippen LogP contribution in [0.25, 0.3) is 0 Å². The monoisotopic (exact) mass is 445 g/mol. The fourth-order valence-corrected chi connectivity index (χ4v) is 2.74. The van der Waals surface area contributed by atoms with Crippen LogP contribution in [0.1, 0.15) is 53.4 Å². The first-order valence-corrected chi connectivity index (χ1v) is 10.7. The number of aliphatic hydroxyl groups excluding tert-OH is 1. The summed E-state index contributed by atoms with van der Waals surface area (Å²) in [6, 6.07) is -4.24. The lowest BCUT2D eigenvalue weighted by Gasteiger charge is -2.28. The molecular formula is C20H39N5O6. The topological polar surface area (TPSA) is 197 Å². The van der Waals surface area contributed by atoms with E-state index in [2.05, 4.69) is 16.0 Å². The van der Waals surface area contributed by atoms with E-state index in [-0.39, 0.29) is 11.8 Å². The van der Waals surface area contributed by atoms with Gasteiger partial charge in [-0.1, -0.05) is 34.1 Å². The van der Waals surface area contributed by atoms with Crippen molar-refractivity contribution in [2.24, 2.45) is 23.3 Å². The summed E-state index contributed by atoms with van der Waals surface area (Å²) < 4.78 is 0. The van der Waals surface area contributed by atoms with Gasteiger partial charge in [0.25, 0.3) is 0 Å². The van der Waals surface area contributed by atoms with Gasteiger partial charge < -0.3 is 37.6 Å². The number of carboxylic acids is 1. The summed E-state index contributed by atoms with van der Waals surface area (Å²) >= 11 is 0. The molecule has 0 bridgehead atoms. The van der Waals surface area contributed by atoms with Crippen molar-refractivity contribution < 1.29 is 29.4 Å². The zero-order chi connectivity index (χ0) is 24.1. The fraction of sp³-hybridized carbons (Fsp3) is 0.800. The van der Waals surface area contributed by atoms with Crippen molar-refractivity contribution in [3.63, 3.8) is 0 Å². The highest BCUT2D eigenvalue weighted by atomic mass is 16.4. The quantitative estimate of drug-likeness (QED) is 0.150. The molecule has 3 amide bonds. The van der Waals surface area contributed by atoms with Crippen molar-refractivity contribution in [2.45, 2.75) is 77.5 Å². The first kappa shape index (κ1) is 28.8. The number of rotatable bonds is 15. The number of amides is 3. The number of unbranched alkanes of at least 4 members (excludes halogenated alkanes) is 1. The Hall–Kier alpha value is -2.24. The van der Waals surface area contributed by atoms with Crippen LogP contribution in [-0.2, 0) is 19.2 Å². The molecule has 5 unspecified atom stereocenters. The molecule has 0 rings (SSSR count). The molecule has 0 aromatic rings. The standard InChI is InChI=1S/C20H39N5O6/c1-5-12(4)16(19(29)24-14(10-26)20(30)31)25-17(27)13(8-6-7-9-21)23-18(28)15(22)11(2)3/h11-16,26H,5-10,21-22H2,1-4H3,(H,23,28)(H,24,29)(H,25,27)(H,30,31). The van der Waals surface area contributed by atoms with Gasteiger partial charge in [-0.05, 0) is 37.6 Å². The van der Waals surface area contributed by atoms with Crippen LogP contribution in [0.2, 0.25) is 0 Å². The smallest absolute Gasteiger partial charge is 0.328 e. The Balaban J connectivity index is 5.47. The Bertz CT molecular complexity index is 601. The van der Waals surface area contributed by atoms with Gasteiger partial charge >= 0.3 is 5.97 Å². The molecule has 0 fully saturated rings. The number of aliphatic hydroxyl groups is 1. The van der Waals surface area contributed by atoms with Crippen molar-refractivity contribution in [3.05, 3.63) is 0 Å². The summed E-state index contributed by atoms with van der Waals surface area (Å²) in [5.41, 5.74) is 11.4. The van der Waals surface area contributed by atoms with Crippen molar-refractivity contribution in [1.82, 2.24) is 16.0 Å². The van der Waals surface area contributed by atoms with Gasteiger partial charge in [-0.15, -0.1) is 0 Å². The second kappa shape index (κ2) is 14.7. The minimum Gasteiger partial charge on any atom is -0.480 e. The highest BCUT2D eigenvalue weighted by Crippen LogP contribution is 2.11. The summed E-state index contributed by atoms with van der Waals surface area (Å²) in [5.74, 6) is -3.61. The molecule has 0 aliphatic heterocycles. The zero-order valence-electron chi connectivity index (χ0n) is 18.9. The Morgan fingerprint density at radius 2 is 1.48 bits per heavy atom. The maximum Gasteiger partial charge on any atom is 0.328 e. The third-order valence-electron chi connectivity index (χ3n) is 5.19. The largest absolute Gasteiger partial charge is 0.480 e. The predicted molar refractivity (Wildman–Crippen MR) is 116 cm³/mol. The van der Waals surface area contributed by atoms with E-state index in [9.17, 15) is 19.2 Å². The van der Waals surface area contributed by atoms with Gasteiger partial charge in [-0.25, -0.2) is 4.79 Å². The van der Waals surface area contributed by atoms with Crippen LogP contribution in [0.5, 0.6) is 0 Å². The molecule has 11 heteroatoms. The van der Waals surface area contributed by atoms with E-state index in [4.69, 9.17) is 21.7 Å². The Labute approximate surface area is 183 Å². The van der Waals surface area contributed by atoms with Crippen LogP contribution < -0.4 is 27.4 Å². The lowest BCUT2D eigenvalue weighted by atomic mass is 9.97. The van der Waals surface area contributed by atoms with E-state index in [0.717, 1.165) is 0 Å². The lowest BCUT2D eigenvalue weighted by Crippen LogP contribution is -2.59. The average molecular weight is 446 g/mol. The highest BCUT2D eigenvalue weighted by Gasteiger charge is 2.32. The third kappa shape index (κ3) is 10.1. The van der Waals surface area contributed by atoms with Gasteiger partial charge in [0.15, 0.2) is 0 Å². The van der Waals surface area contributed by atoms with Crippen molar-refractivity contribution in [2.75, 3.05) is 13.2 Å². The van der Waals surface area contributed by atoms with Gasteiger partial charge in [-0.2, -0.15) is 0 Å². The summed E-state index contributed by atoms with van der Waals surface area (Å²) in [6.45, 7) is 6.78. The van der Waals surface area contributed by atoms with Crippen LogP contribution in [0.3, 0.4) is 0 Å². The second-order valence-corrected chi connectivity index (χ2v) is 8.07. The van der Waals surface area contributed by atoms with Gasteiger partial charge in [0.1, 0.15) is 18.1 Å². The molecular weight excluding hydrogens is 406 g/mol. The number of carbonyl (C=O) groups is 4. The maximum absolute atomic E-state index is 12.9. The van der Waals surface area contributed by atoms with Crippen LogP contribution in [0.4, 0.5) is 0 Å². The molecule has 0 spiro atoms. The van der Waals surface area contributed by atoms with E-state index in [1.807, 2.05) is 6.92 Å². The predicted octanol–water partition coefficient (Wildman–Crippen LogP) is -1.32. The van der Waals surface area contributed by atoms with Crippen LogP contribution >= 0.6 is 0 Å². The molecule has 0 saturated carbocycles. The van der Waals surface area contributed by atoms with Crippen LogP contribution in [0.15, 0.2) is 0 Å². The van der Waals surface area contributed by atoms with E-state index < -0.39 is 54.5 Å². The van der Waals surface area contributed by atoms with E-state index in [1.54, 1.807) is 20.8 Å².